The van der Waals surface area contributed by atoms with Crippen LogP contribution < -0.4 is 0 Å². The first-order chi connectivity index (χ1) is 15.3. The van der Waals surface area contributed by atoms with Crippen LogP contribution in [-0.4, -0.2) is 63.9 Å². The highest BCUT2D eigenvalue weighted by atomic mass is 32.2. The number of allylic oxidation sites excluding steroid dienone is 1. The number of imide groups is 1. The number of hydrogen-bond acceptors (Lipinski definition) is 8. The molecule has 0 radical (unpaired) electrons. The molecule has 1 saturated carbocycles. The fourth-order valence-electron chi connectivity index (χ4n) is 3.75. The van der Waals surface area contributed by atoms with Gasteiger partial charge in [0.15, 0.2) is 6.04 Å². The van der Waals surface area contributed by atoms with Crippen LogP contribution in [0.1, 0.15) is 47.4 Å². The van der Waals surface area contributed by atoms with E-state index in [1.54, 1.807) is 26.0 Å². The van der Waals surface area contributed by atoms with Gasteiger partial charge in [0.05, 0.1) is 24.8 Å². The van der Waals surface area contributed by atoms with E-state index in [1.165, 1.54) is 19.2 Å². The predicted molar refractivity (Wildman–Crippen MR) is 113 cm³/mol. The number of likely N-dealkylation sites (tertiary alicyclic amines) is 1. The lowest BCUT2D eigenvalue weighted by Crippen LogP contribution is -2.70. The van der Waals surface area contributed by atoms with E-state index < -0.39 is 40.4 Å². The van der Waals surface area contributed by atoms with Crippen molar-refractivity contribution in [2.75, 3.05) is 13.7 Å². The number of carbonyl (C=O) groups is 5. The lowest BCUT2D eigenvalue weighted by atomic mass is 10.0. The molecule has 2 aliphatic heterocycles. The molecule has 1 saturated heterocycles. The molecule has 4 rings (SSSR count). The minimum Gasteiger partial charge on any atom is -0.464 e. The van der Waals surface area contributed by atoms with Crippen molar-refractivity contribution >= 4 is 40.8 Å². The van der Waals surface area contributed by atoms with Crippen molar-refractivity contribution in [1.29, 1.82) is 0 Å². The van der Waals surface area contributed by atoms with Gasteiger partial charge in [-0.2, -0.15) is 0 Å². The summed E-state index contributed by atoms with van der Waals surface area (Å²) in [6.45, 7) is 3.53. The Labute approximate surface area is 188 Å². The first kappa shape index (κ1) is 22.1. The van der Waals surface area contributed by atoms with Gasteiger partial charge < -0.3 is 9.47 Å². The molecule has 2 heterocycles. The molecule has 1 aromatic rings. The molecule has 0 bridgehead atoms. The smallest absolute Gasteiger partial charge is 0.369 e. The molecule has 9 nitrogen and oxygen atoms in total. The maximum absolute atomic E-state index is 13.2. The molecule has 32 heavy (non-hydrogen) atoms. The van der Waals surface area contributed by atoms with Crippen LogP contribution >= 0.6 is 11.8 Å². The fourth-order valence-corrected chi connectivity index (χ4v) is 4.76. The van der Waals surface area contributed by atoms with Gasteiger partial charge in [-0.1, -0.05) is 12.1 Å². The van der Waals surface area contributed by atoms with E-state index in [0.29, 0.717) is 23.3 Å². The van der Waals surface area contributed by atoms with Crippen LogP contribution in [0.3, 0.4) is 0 Å². The van der Waals surface area contributed by atoms with E-state index in [-0.39, 0.29) is 23.4 Å². The summed E-state index contributed by atoms with van der Waals surface area (Å²) < 4.78 is 10.1. The standard InChI is InChI=1S/C22H22N2O7S/c1-11(2)15(21(28)30-3)24-19(27)16(20(24)32-22(29)31-10-12-8-9-12)23-17(25)13-6-4-5-7-14(13)18(23)26/h4-7,12,16,20H,8-10H2,1-3H3. The molecule has 2 unspecified atom stereocenters. The summed E-state index contributed by atoms with van der Waals surface area (Å²) in [5, 5.41) is -1.65. The fraction of sp³-hybridized carbons (Fsp3) is 0.409. The zero-order chi connectivity index (χ0) is 23.2. The number of methoxy groups -OCH3 is 1. The average molecular weight is 458 g/mol. The SMILES string of the molecule is COC(=O)C(=C(C)C)N1C(=O)C(N2C(=O)c3ccccc3C2=O)C1SC(=O)OCC1CC1. The molecule has 2 atom stereocenters. The summed E-state index contributed by atoms with van der Waals surface area (Å²) in [6, 6.07) is 5.03. The minimum atomic E-state index is -1.25. The van der Waals surface area contributed by atoms with E-state index in [1.807, 2.05) is 0 Å². The van der Waals surface area contributed by atoms with Crippen LogP contribution in [-0.2, 0) is 19.1 Å². The molecule has 2 fully saturated rings. The van der Waals surface area contributed by atoms with Gasteiger partial charge in [0.1, 0.15) is 11.1 Å². The monoisotopic (exact) mass is 458 g/mol. The first-order valence-electron chi connectivity index (χ1n) is 10.2. The van der Waals surface area contributed by atoms with Gasteiger partial charge in [-0.15, -0.1) is 0 Å². The van der Waals surface area contributed by atoms with Crippen molar-refractivity contribution < 1.29 is 33.4 Å². The van der Waals surface area contributed by atoms with E-state index in [4.69, 9.17) is 9.47 Å². The number of carbonyl (C=O) groups excluding carboxylic acids is 5. The van der Waals surface area contributed by atoms with Crippen molar-refractivity contribution in [3.63, 3.8) is 0 Å². The van der Waals surface area contributed by atoms with Crippen LogP contribution in [0.5, 0.6) is 0 Å². The molecule has 10 heteroatoms. The molecule has 0 spiro atoms. The Morgan fingerprint density at radius 3 is 2.16 bits per heavy atom. The van der Waals surface area contributed by atoms with E-state index in [0.717, 1.165) is 22.6 Å². The lowest BCUT2D eigenvalue weighted by molar-refractivity contribution is -0.152. The molecule has 3 aliphatic rings. The summed E-state index contributed by atoms with van der Waals surface area (Å²) in [5.41, 5.74) is 0.847. The quantitative estimate of drug-likeness (QED) is 0.277. The maximum Gasteiger partial charge on any atom is 0.369 e. The summed E-state index contributed by atoms with van der Waals surface area (Å²) in [4.78, 5) is 65.9. The number of hydrogen-bond donors (Lipinski definition) is 0. The Balaban J connectivity index is 1.65. The number of nitrogens with zero attached hydrogens (tertiary/aromatic N) is 2. The number of fused-ring (bicyclic) bond motifs is 1. The highest BCUT2D eigenvalue weighted by Crippen LogP contribution is 2.41. The zero-order valence-electron chi connectivity index (χ0n) is 17.8. The van der Waals surface area contributed by atoms with Crippen LogP contribution in [0.2, 0.25) is 0 Å². The van der Waals surface area contributed by atoms with Crippen LogP contribution in [0.25, 0.3) is 0 Å². The third-order valence-electron chi connectivity index (χ3n) is 5.56. The molecular formula is C22H22N2O7S. The zero-order valence-corrected chi connectivity index (χ0v) is 18.6. The Hall–Kier alpha value is -3.14. The maximum atomic E-state index is 13.2. The van der Waals surface area contributed by atoms with Gasteiger partial charge in [0, 0.05) is 0 Å². The third kappa shape index (κ3) is 3.68. The molecular weight excluding hydrogens is 436 g/mol. The van der Waals surface area contributed by atoms with Crippen molar-refractivity contribution in [2.45, 2.75) is 38.1 Å². The van der Waals surface area contributed by atoms with E-state index in [9.17, 15) is 24.0 Å². The van der Waals surface area contributed by atoms with Crippen LogP contribution in [0, 0.1) is 5.92 Å². The number of rotatable bonds is 6. The summed E-state index contributed by atoms with van der Waals surface area (Å²) in [5.74, 6) is -2.28. The van der Waals surface area contributed by atoms with Crippen LogP contribution in [0.15, 0.2) is 35.5 Å². The Morgan fingerprint density at radius 2 is 1.66 bits per heavy atom. The highest BCUT2D eigenvalue weighted by molar-refractivity contribution is 8.13. The minimum absolute atomic E-state index is 0.0298. The molecule has 1 aromatic carbocycles. The number of ether oxygens (including phenoxy) is 2. The second-order valence-electron chi connectivity index (χ2n) is 8.03. The molecule has 3 amide bonds. The predicted octanol–water partition coefficient (Wildman–Crippen LogP) is 2.57. The van der Waals surface area contributed by atoms with Gasteiger partial charge in [0.25, 0.3) is 17.7 Å². The largest absolute Gasteiger partial charge is 0.464 e. The van der Waals surface area contributed by atoms with Gasteiger partial charge in [-0.05, 0) is 62.1 Å². The number of thioether (sulfide) groups is 1. The van der Waals surface area contributed by atoms with Gasteiger partial charge in [0.2, 0.25) is 0 Å². The van der Waals surface area contributed by atoms with Gasteiger partial charge in [-0.25, -0.2) is 9.59 Å². The number of amides is 3. The highest BCUT2D eigenvalue weighted by Gasteiger charge is 2.59. The van der Waals surface area contributed by atoms with Crippen LogP contribution in [0.4, 0.5) is 4.79 Å². The normalized spacial score (nSPS) is 21.8. The Kier molecular flexibility index (Phi) is 5.81. The Morgan fingerprint density at radius 1 is 1.06 bits per heavy atom. The Bertz CT molecular complexity index is 1020. The van der Waals surface area contributed by atoms with Crippen molar-refractivity contribution in [2.24, 2.45) is 5.92 Å². The number of β-lactam (4-membered cyclic amide) rings is 1. The number of benzene rings is 1. The molecule has 1 aliphatic carbocycles. The average Bonchev–Trinajstić information content (AvgIpc) is 3.58. The van der Waals surface area contributed by atoms with Crippen molar-refractivity contribution in [1.82, 2.24) is 9.80 Å². The summed E-state index contributed by atoms with van der Waals surface area (Å²) in [6.07, 6.45) is 1.99. The topological polar surface area (TPSA) is 110 Å². The van der Waals surface area contributed by atoms with Gasteiger partial charge in [-0.3, -0.25) is 24.2 Å². The molecule has 0 N–H and O–H groups in total. The van der Waals surface area contributed by atoms with Crippen molar-refractivity contribution in [3.05, 3.63) is 46.7 Å². The summed E-state index contributed by atoms with van der Waals surface area (Å²) in [7, 11) is 1.18. The van der Waals surface area contributed by atoms with E-state index >= 15 is 0 Å². The van der Waals surface area contributed by atoms with E-state index in [2.05, 4.69) is 0 Å². The second kappa shape index (κ2) is 8.42. The lowest BCUT2D eigenvalue weighted by Gasteiger charge is -2.48. The second-order valence-corrected chi connectivity index (χ2v) is 9.08. The number of esters is 1. The van der Waals surface area contributed by atoms with Gasteiger partial charge >= 0.3 is 11.3 Å². The first-order valence-corrected chi connectivity index (χ1v) is 11.0. The third-order valence-corrected chi connectivity index (χ3v) is 6.58. The summed E-state index contributed by atoms with van der Waals surface area (Å²) >= 11 is 0.675. The molecule has 0 aromatic heterocycles. The molecule has 168 valence electrons. The van der Waals surface area contributed by atoms with Crippen molar-refractivity contribution in [3.8, 4) is 0 Å².